The van der Waals surface area contributed by atoms with Gasteiger partial charge in [0.15, 0.2) is 0 Å². The van der Waals surface area contributed by atoms with Crippen molar-refractivity contribution < 1.29 is 23.1 Å². The summed E-state index contributed by atoms with van der Waals surface area (Å²) in [5, 5.41) is 9.51. The van der Waals surface area contributed by atoms with Gasteiger partial charge in [0.05, 0.1) is 9.90 Å². The Kier molecular flexibility index (Phi) is 2.99. The molecular formula is C7H5ClF3NO2S. The van der Waals surface area contributed by atoms with Crippen LogP contribution in [0.2, 0.25) is 5.02 Å². The van der Waals surface area contributed by atoms with Gasteiger partial charge in [0.25, 0.3) is 0 Å². The lowest BCUT2D eigenvalue weighted by atomic mass is 9.98. The van der Waals surface area contributed by atoms with Gasteiger partial charge in [0.2, 0.25) is 5.54 Å². The number of carboxylic acid groups (broad SMARTS) is 1. The Hall–Kier alpha value is -0.790. The molecule has 0 aromatic carbocycles. The molecule has 0 fully saturated rings. The molecule has 15 heavy (non-hydrogen) atoms. The molecule has 84 valence electrons. The minimum atomic E-state index is -5.10. The number of aliphatic carboxylic acids is 1. The highest BCUT2D eigenvalue weighted by molar-refractivity contribution is 7.10. The van der Waals surface area contributed by atoms with E-state index in [2.05, 4.69) is 0 Å². The molecule has 8 heteroatoms. The van der Waals surface area contributed by atoms with Gasteiger partial charge in [-0.2, -0.15) is 13.2 Å². The lowest BCUT2D eigenvalue weighted by molar-refractivity contribution is -0.204. The summed E-state index contributed by atoms with van der Waals surface area (Å²) >= 11 is 6.00. The van der Waals surface area contributed by atoms with Crippen molar-refractivity contribution in [1.82, 2.24) is 0 Å². The summed E-state index contributed by atoms with van der Waals surface area (Å²) in [6.45, 7) is 0. The number of hydrogen-bond donors (Lipinski definition) is 2. The Morgan fingerprint density at radius 2 is 2.07 bits per heavy atom. The van der Waals surface area contributed by atoms with Crippen LogP contribution in [0.25, 0.3) is 0 Å². The molecule has 1 rings (SSSR count). The van der Waals surface area contributed by atoms with E-state index in [9.17, 15) is 18.0 Å². The molecule has 0 saturated carbocycles. The van der Waals surface area contributed by atoms with E-state index in [0.29, 0.717) is 11.3 Å². The van der Waals surface area contributed by atoms with Crippen LogP contribution in [0.4, 0.5) is 13.2 Å². The zero-order chi connectivity index (χ0) is 11.9. The summed E-state index contributed by atoms with van der Waals surface area (Å²) in [6.07, 6.45) is -5.10. The first-order valence-electron chi connectivity index (χ1n) is 3.53. The first kappa shape index (κ1) is 12.3. The average molecular weight is 260 g/mol. The van der Waals surface area contributed by atoms with E-state index in [0.717, 1.165) is 6.07 Å². The second kappa shape index (κ2) is 3.66. The molecule has 1 aromatic rings. The fourth-order valence-corrected chi connectivity index (χ4v) is 2.25. The molecule has 1 atom stereocenters. The lowest BCUT2D eigenvalue weighted by Crippen LogP contribution is -2.56. The first-order chi connectivity index (χ1) is 6.71. The van der Waals surface area contributed by atoms with Crippen molar-refractivity contribution >= 4 is 28.9 Å². The Balaban J connectivity index is 3.39. The largest absolute Gasteiger partial charge is 0.479 e. The molecular weight excluding hydrogens is 255 g/mol. The Bertz CT molecular complexity index is 392. The predicted octanol–water partition coefficient (Wildman–Crippen LogP) is 2.20. The maximum atomic E-state index is 12.5. The number of halogens is 4. The van der Waals surface area contributed by atoms with E-state index in [-0.39, 0.29) is 5.02 Å². The minimum absolute atomic E-state index is 0.303. The maximum absolute atomic E-state index is 12.5. The molecule has 1 heterocycles. The molecule has 0 radical (unpaired) electrons. The summed E-state index contributed by atoms with van der Waals surface area (Å²) in [6, 6.07) is 1.16. The molecule has 0 bridgehead atoms. The van der Waals surface area contributed by atoms with E-state index >= 15 is 0 Å². The molecule has 3 N–H and O–H groups in total. The number of rotatable bonds is 2. The number of alkyl halides is 3. The number of thiophene rings is 1. The fraction of sp³-hybridized carbons (Fsp3) is 0.286. The van der Waals surface area contributed by atoms with Gasteiger partial charge in [-0.05, 0) is 11.4 Å². The third kappa shape index (κ3) is 1.82. The smallest absolute Gasteiger partial charge is 0.422 e. The molecule has 3 nitrogen and oxygen atoms in total. The normalized spacial score (nSPS) is 16.1. The zero-order valence-corrected chi connectivity index (χ0v) is 8.58. The summed E-state index contributed by atoms with van der Waals surface area (Å²) in [5.74, 6) is -2.18. The quantitative estimate of drug-likeness (QED) is 0.856. The summed E-state index contributed by atoms with van der Waals surface area (Å²) in [5.41, 5.74) is 1.44. The molecule has 1 aromatic heterocycles. The molecule has 0 aliphatic rings. The van der Waals surface area contributed by atoms with Crippen LogP contribution in [0, 0.1) is 0 Å². The van der Waals surface area contributed by atoms with Gasteiger partial charge in [-0.25, -0.2) is 4.79 Å². The fourth-order valence-electron chi connectivity index (χ4n) is 0.922. The van der Waals surface area contributed by atoms with Gasteiger partial charge in [0.1, 0.15) is 0 Å². The van der Waals surface area contributed by atoms with Crippen LogP contribution in [0.5, 0.6) is 0 Å². The Labute approximate surface area is 91.3 Å². The van der Waals surface area contributed by atoms with Gasteiger partial charge < -0.3 is 10.8 Å². The number of carboxylic acids is 1. The van der Waals surface area contributed by atoms with Crippen LogP contribution in [0.3, 0.4) is 0 Å². The van der Waals surface area contributed by atoms with E-state index in [4.69, 9.17) is 22.4 Å². The van der Waals surface area contributed by atoms with Crippen molar-refractivity contribution in [3.05, 3.63) is 21.3 Å². The van der Waals surface area contributed by atoms with E-state index in [1.807, 2.05) is 0 Å². The zero-order valence-electron chi connectivity index (χ0n) is 7.01. The van der Waals surface area contributed by atoms with Crippen molar-refractivity contribution in [3.8, 4) is 0 Å². The minimum Gasteiger partial charge on any atom is -0.479 e. The first-order valence-corrected chi connectivity index (χ1v) is 4.79. The van der Waals surface area contributed by atoms with Crippen molar-refractivity contribution in [1.29, 1.82) is 0 Å². The van der Waals surface area contributed by atoms with E-state index in [1.165, 1.54) is 5.38 Å². The maximum Gasteiger partial charge on any atom is 0.422 e. The van der Waals surface area contributed by atoms with Gasteiger partial charge in [-0.3, -0.25) is 0 Å². The van der Waals surface area contributed by atoms with Crippen LogP contribution < -0.4 is 5.73 Å². The molecule has 1 unspecified atom stereocenters. The van der Waals surface area contributed by atoms with Gasteiger partial charge in [0, 0.05) is 0 Å². The second-order valence-electron chi connectivity index (χ2n) is 2.71. The topological polar surface area (TPSA) is 63.3 Å². The average Bonchev–Trinajstić information content (AvgIpc) is 2.47. The van der Waals surface area contributed by atoms with Crippen molar-refractivity contribution in [2.24, 2.45) is 5.73 Å². The standard InChI is InChI=1S/C7H5ClF3NO2S/c8-3-1-2-15-4(3)6(12,5(13)14)7(9,10)11/h1-2H,12H2,(H,13,14). The molecule has 0 aliphatic heterocycles. The summed E-state index contributed by atoms with van der Waals surface area (Å²) < 4.78 is 37.6. The Morgan fingerprint density at radius 3 is 2.33 bits per heavy atom. The van der Waals surface area contributed by atoms with Crippen molar-refractivity contribution in [2.45, 2.75) is 11.7 Å². The highest BCUT2D eigenvalue weighted by Gasteiger charge is 2.61. The molecule has 0 aliphatic carbocycles. The van der Waals surface area contributed by atoms with Gasteiger partial charge in [-0.15, -0.1) is 11.3 Å². The van der Waals surface area contributed by atoms with Crippen LogP contribution in [-0.2, 0) is 10.3 Å². The molecule has 0 spiro atoms. The van der Waals surface area contributed by atoms with E-state index in [1.54, 1.807) is 0 Å². The van der Waals surface area contributed by atoms with E-state index < -0.39 is 22.6 Å². The third-order valence-corrected chi connectivity index (χ3v) is 3.24. The number of nitrogens with two attached hydrogens (primary N) is 1. The van der Waals surface area contributed by atoms with Crippen LogP contribution in [0.15, 0.2) is 11.4 Å². The molecule has 0 amide bonds. The summed E-state index contributed by atoms with van der Waals surface area (Å²) in [7, 11) is 0. The third-order valence-electron chi connectivity index (χ3n) is 1.76. The Morgan fingerprint density at radius 1 is 1.53 bits per heavy atom. The molecule has 0 saturated heterocycles. The summed E-state index contributed by atoms with van der Waals surface area (Å²) in [4.78, 5) is 10.0. The highest BCUT2D eigenvalue weighted by atomic mass is 35.5. The van der Waals surface area contributed by atoms with Gasteiger partial charge >= 0.3 is 12.1 Å². The lowest BCUT2D eigenvalue weighted by Gasteiger charge is -2.26. The number of carbonyl (C=O) groups is 1. The number of hydrogen-bond acceptors (Lipinski definition) is 3. The SMILES string of the molecule is NC(C(=O)O)(c1sccc1Cl)C(F)(F)F. The van der Waals surface area contributed by atoms with Crippen molar-refractivity contribution in [2.75, 3.05) is 0 Å². The van der Waals surface area contributed by atoms with Gasteiger partial charge in [-0.1, -0.05) is 11.6 Å². The van der Waals surface area contributed by atoms with Crippen molar-refractivity contribution in [3.63, 3.8) is 0 Å². The van der Waals surface area contributed by atoms with Crippen LogP contribution >= 0.6 is 22.9 Å². The van der Waals surface area contributed by atoms with Crippen LogP contribution in [0.1, 0.15) is 4.88 Å². The van der Waals surface area contributed by atoms with Crippen LogP contribution in [-0.4, -0.2) is 17.3 Å². The highest BCUT2D eigenvalue weighted by Crippen LogP contribution is 2.42. The monoisotopic (exact) mass is 259 g/mol. The second-order valence-corrected chi connectivity index (χ2v) is 4.03. The predicted molar refractivity (Wildman–Crippen MR) is 48.9 cm³/mol.